The number of rotatable bonds is 5. The normalized spacial score (nSPS) is 17.2. The highest BCUT2D eigenvalue weighted by Crippen LogP contribution is 2.34. The van der Waals surface area contributed by atoms with E-state index in [9.17, 15) is 20.0 Å². The fourth-order valence-corrected chi connectivity index (χ4v) is 2.54. The van der Waals surface area contributed by atoms with Crippen LogP contribution in [0.15, 0.2) is 18.2 Å². The number of nitro groups is 1. The first-order chi connectivity index (χ1) is 9.96. The third kappa shape index (κ3) is 3.13. The van der Waals surface area contributed by atoms with Crippen LogP contribution in [-0.4, -0.2) is 35.8 Å². The zero-order valence-electron chi connectivity index (χ0n) is 11.8. The SMILES string of the molecule is Cc1cccc(NCC2(C(=O)O)CCOCC2)c1[N+](=O)[O-]. The van der Waals surface area contributed by atoms with Crippen molar-refractivity contribution in [3.8, 4) is 0 Å². The summed E-state index contributed by atoms with van der Waals surface area (Å²) in [7, 11) is 0. The van der Waals surface area contributed by atoms with Gasteiger partial charge in [-0.25, -0.2) is 0 Å². The highest BCUT2D eigenvalue weighted by molar-refractivity contribution is 5.76. The van der Waals surface area contributed by atoms with Gasteiger partial charge in [-0.1, -0.05) is 12.1 Å². The van der Waals surface area contributed by atoms with Gasteiger partial charge in [0.25, 0.3) is 5.69 Å². The van der Waals surface area contributed by atoms with Gasteiger partial charge in [-0.05, 0) is 25.8 Å². The molecule has 0 bridgehead atoms. The number of carboxylic acid groups (broad SMARTS) is 1. The van der Waals surface area contributed by atoms with Crippen molar-refractivity contribution in [3.05, 3.63) is 33.9 Å². The van der Waals surface area contributed by atoms with Gasteiger partial charge in [0, 0.05) is 25.3 Å². The molecule has 2 N–H and O–H groups in total. The van der Waals surface area contributed by atoms with Gasteiger partial charge in [0.15, 0.2) is 0 Å². The van der Waals surface area contributed by atoms with E-state index in [-0.39, 0.29) is 12.2 Å². The van der Waals surface area contributed by atoms with E-state index in [1.54, 1.807) is 25.1 Å². The van der Waals surface area contributed by atoms with Gasteiger partial charge in [-0.15, -0.1) is 0 Å². The number of para-hydroxylation sites is 1. The van der Waals surface area contributed by atoms with E-state index >= 15 is 0 Å². The predicted octanol–water partition coefficient (Wildman–Crippen LogP) is 2.20. The number of benzene rings is 1. The Hall–Kier alpha value is -2.15. The third-order valence-corrected chi connectivity index (χ3v) is 3.94. The second-order valence-electron chi connectivity index (χ2n) is 5.28. The fraction of sp³-hybridized carbons (Fsp3) is 0.500. The minimum absolute atomic E-state index is 0.00917. The van der Waals surface area contributed by atoms with Crippen molar-refractivity contribution in [2.24, 2.45) is 5.41 Å². The van der Waals surface area contributed by atoms with Crippen molar-refractivity contribution >= 4 is 17.3 Å². The number of nitrogens with one attached hydrogen (secondary N) is 1. The molecule has 1 aromatic carbocycles. The Bertz CT molecular complexity index is 552. The first-order valence-corrected chi connectivity index (χ1v) is 6.75. The monoisotopic (exact) mass is 294 g/mol. The number of anilines is 1. The Balaban J connectivity index is 2.20. The summed E-state index contributed by atoms with van der Waals surface area (Å²) in [6.07, 6.45) is 0.796. The minimum Gasteiger partial charge on any atom is -0.481 e. The number of aliphatic carboxylic acids is 1. The van der Waals surface area contributed by atoms with E-state index < -0.39 is 16.3 Å². The van der Waals surface area contributed by atoms with Gasteiger partial charge in [0.05, 0.1) is 10.3 Å². The molecule has 0 spiro atoms. The number of aryl methyl sites for hydroxylation is 1. The molecule has 7 nitrogen and oxygen atoms in total. The Labute approximate surface area is 122 Å². The quantitative estimate of drug-likeness (QED) is 0.637. The Kier molecular flexibility index (Phi) is 4.42. The molecule has 1 aliphatic rings. The van der Waals surface area contributed by atoms with Gasteiger partial charge in [-0.3, -0.25) is 14.9 Å². The molecule has 114 valence electrons. The number of nitrogens with zero attached hydrogens (tertiary/aromatic N) is 1. The standard InChI is InChI=1S/C14H18N2O5/c1-10-3-2-4-11(12(10)16(19)20)15-9-14(13(17)18)5-7-21-8-6-14/h2-4,15H,5-9H2,1H3,(H,17,18). The number of carbonyl (C=O) groups is 1. The lowest BCUT2D eigenvalue weighted by atomic mass is 9.80. The molecule has 0 amide bonds. The topological polar surface area (TPSA) is 102 Å². The maximum Gasteiger partial charge on any atom is 0.311 e. The average molecular weight is 294 g/mol. The lowest BCUT2D eigenvalue weighted by Gasteiger charge is -2.33. The smallest absolute Gasteiger partial charge is 0.311 e. The summed E-state index contributed by atoms with van der Waals surface area (Å²) < 4.78 is 5.21. The van der Waals surface area contributed by atoms with Crippen molar-refractivity contribution in [2.45, 2.75) is 19.8 Å². The summed E-state index contributed by atoms with van der Waals surface area (Å²) in [5, 5.41) is 23.6. The van der Waals surface area contributed by atoms with E-state index in [0.29, 0.717) is 37.3 Å². The molecule has 1 aliphatic heterocycles. The number of ether oxygens (including phenoxy) is 1. The van der Waals surface area contributed by atoms with Crippen LogP contribution in [0.5, 0.6) is 0 Å². The van der Waals surface area contributed by atoms with Crippen molar-refractivity contribution in [1.82, 2.24) is 0 Å². The summed E-state index contributed by atoms with van der Waals surface area (Å²) >= 11 is 0. The highest BCUT2D eigenvalue weighted by atomic mass is 16.6. The Morgan fingerprint density at radius 2 is 2.14 bits per heavy atom. The first-order valence-electron chi connectivity index (χ1n) is 6.75. The van der Waals surface area contributed by atoms with Crippen LogP contribution in [-0.2, 0) is 9.53 Å². The zero-order chi connectivity index (χ0) is 15.5. The van der Waals surface area contributed by atoms with Crippen LogP contribution in [0, 0.1) is 22.5 Å². The van der Waals surface area contributed by atoms with Crippen LogP contribution in [0.4, 0.5) is 11.4 Å². The maximum atomic E-state index is 11.6. The fourth-order valence-electron chi connectivity index (χ4n) is 2.54. The Morgan fingerprint density at radius 1 is 1.48 bits per heavy atom. The number of nitro benzene ring substituents is 1. The van der Waals surface area contributed by atoms with Crippen molar-refractivity contribution in [2.75, 3.05) is 25.1 Å². The largest absolute Gasteiger partial charge is 0.481 e. The summed E-state index contributed by atoms with van der Waals surface area (Å²) in [4.78, 5) is 22.2. The minimum atomic E-state index is -0.935. The molecule has 1 saturated heterocycles. The number of carboxylic acids is 1. The van der Waals surface area contributed by atoms with Crippen molar-refractivity contribution < 1.29 is 19.6 Å². The molecule has 1 aromatic rings. The summed E-state index contributed by atoms with van der Waals surface area (Å²) in [5.41, 5.74) is -0.0471. The Morgan fingerprint density at radius 3 is 2.71 bits per heavy atom. The molecule has 0 aliphatic carbocycles. The van der Waals surface area contributed by atoms with E-state index in [1.165, 1.54) is 0 Å². The van der Waals surface area contributed by atoms with Gasteiger partial charge in [0.2, 0.25) is 0 Å². The van der Waals surface area contributed by atoms with Crippen LogP contribution in [0.25, 0.3) is 0 Å². The number of hydrogen-bond donors (Lipinski definition) is 2. The summed E-state index contributed by atoms with van der Waals surface area (Å²) in [5.74, 6) is -0.895. The molecule has 7 heteroatoms. The lowest BCUT2D eigenvalue weighted by Crippen LogP contribution is -2.42. The molecule has 1 fully saturated rings. The molecule has 0 saturated carbocycles. The second kappa shape index (κ2) is 6.09. The number of hydrogen-bond acceptors (Lipinski definition) is 5. The highest BCUT2D eigenvalue weighted by Gasteiger charge is 2.40. The van der Waals surface area contributed by atoms with E-state index in [0.717, 1.165) is 0 Å². The molecule has 0 atom stereocenters. The predicted molar refractivity (Wildman–Crippen MR) is 76.4 cm³/mol. The molecule has 2 rings (SSSR count). The van der Waals surface area contributed by atoms with Crippen LogP contribution >= 0.6 is 0 Å². The van der Waals surface area contributed by atoms with Crippen molar-refractivity contribution in [3.63, 3.8) is 0 Å². The van der Waals surface area contributed by atoms with E-state index in [2.05, 4.69) is 5.32 Å². The first kappa shape index (κ1) is 15.2. The van der Waals surface area contributed by atoms with Gasteiger partial charge in [0.1, 0.15) is 5.69 Å². The van der Waals surface area contributed by atoms with Gasteiger partial charge in [-0.2, -0.15) is 0 Å². The van der Waals surface area contributed by atoms with Crippen LogP contribution < -0.4 is 5.32 Å². The molecule has 21 heavy (non-hydrogen) atoms. The molecule has 1 heterocycles. The van der Waals surface area contributed by atoms with Crippen molar-refractivity contribution in [1.29, 1.82) is 0 Å². The zero-order valence-corrected chi connectivity index (χ0v) is 11.8. The molecule has 0 radical (unpaired) electrons. The van der Waals surface area contributed by atoms with Gasteiger partial charge < -0.3 is 15.2 Å². The molecule has 0 aromatic heterocycles. The molecule has 0 unspecified atom stereocenters. The summed E-state index contributed by atoms with van der Waals surface area (Å²) in [6.45, 7) is 2.59. The van der Waals surface area contributed by atoms with Crippen LogP contribution in [0.2, 0.25) is 0 Å². The van der Waals surface area contributed by atoms with E-state index in [1.807, 2.05) is 0 Å². The molecular formula is C14H18N2O5. The second-order valence-corrected chi connectivity index (χ2v) is 5.28. The van der Waals surface area contributed by atoms with E-state index in [4.69, 9.17) is 4.74 Å². The third-order valence-electron chi connectivity index (χ3n) is 3.94. The van der Waals surface area contributed by atoms with Crippen LogP contribution in [0.1, 0.15) is 18.4 Å². The maximum absolute atomic E-state index is 11.6. The van der Waals surface area contributed by atoms with Gasteiger partial charge >= 0.3 is 5.97 Å². The lowest BCUT2D eigenvalue weighted by molar-refractivity contribution is -0.384. The summed E-state index contributed by atoms with van der Waals surface area (Å²) in [6, 6.07) is 4.97. The van der Waals surface area contributed by atoms with Crippen LogP contribution in [0.3, 0.4) is 0 Å². The average Bonchev–Trinajstić information content (AvgIpc) is 2.45. The molecular weight excluding hydrogens is 276 g/mol.